The highest BCUT2D eigenvalue weighted by Gasteiger charge is 2.20. The van der Waals surface area contributed by atoms with Crippen LogP contribution in [0.25, 0.3) is 0 Å². The lowest BCUT2D eigenvalue weighted by atomic mass is 10.4. The van der Waals surface area contributed by atoms with E-state index in [1.54, 1.807) is 0 Å². The fourth-order valence-electron chi connectivity index (χ4n) is 1.37. The summed E-state index contributed by atoms with van der Waals surface area (Å²) >= 11 is 0. The Labute approximate surface area is 108 Å². The number of carboxylic acids is 1. The van der Waals surface area contributed by atoms with Gasteiger partial charge in [-0.25, -0.2) is 4.72 Å². The van der Waals surface area contributed by atoms with E-state index in [-0.39, 0.29) is 13.0 Å². The Balaban J connectivity index is 2.14. The smallest absolute Gasteiger partial charge is 0.304 e. The highest BCUT2D eigenvalue weighted by Crippen LogP contribution is 2.18. The van der Waals surface area contributed by atoms with Crippen LogP contribution in [-0.2, 0) is 15.0 Å². The molecule has 1 fully saturated rings. The van der Waals surface area contributed by atoms with Gasteiger partial charge >= 0.3 is 5.97 Å². The van der Waals surface area contributed by atoms with Gasteiger partial charge in [-0.05, 0) is 25.8 Å². The van der Waals surface area contributed by atoms with Crippen LogP contribution in [0.4, 0.5) is 0 Å². The molecule has 1 rings (SSSR count). The summed E-state index contributed by atoms with van der Waals surface area (Å²) in [6, 6.07) is 0.625. The summed E-state index contributed by atoms with van der Waals surface area (Å²) in [6.07, 6.45) is 2.95. The molecule has 106 valence electrons. The predicted molar refractivity (Wildman–Crippen MR) is 67.4 cm³/mol. The Morgan fingerprint density at radius 1 is 1.39 bits per heavy atom. The molecule has 0 atom stereocenters. The Bertz CT molecular complexity index is 367. The van der Waals surface area contributed by atoms with Gasteiger partial charge in [-0.1, -0.05) is 0 Å². The van der Waals surface area contributed by atoms with Crippen molar-refractivity contribution in [2.75, 3.05) is 26.7 Å². The lowest BCUT2D eigenvalue weighted by Gasteiger charge is -2.16. The molecule has 0 heterocycles. The third kappa shape index (κ3) is 6.29. The molecule has 0 aromatic heterocycles. The van der Waals surface area contributed by atoms with E-state index < -0.39 is 16.2 Å². The molecule has 7 nitrogen and oxygen atoms in total. The van der Waals surface area contributed by atoms with Gasteiger partial charge in [-0.2, -0.15) is 12.7 Å². The summed E-state index contributed by atoms with van der Waals surface area (Å²) in [5.74, 6) is -1.01. The molecule has 0 aromatic rings. The van der Waals surface area contributed by atoms with Crippen LogP contribution in [0.15, 0.2) is 0 Å². The van der Waals surface area contributed by atoms with Crippen LogP contribution < -0.4 is 10.0 Å². The van der Waals surface area contributed by atoms with Gasteiger partial charge < -0.3 is 10.4 Å². The van der Waals surface area contributed by atoms with E-state index in [1.165, 1.54) is 19.9 Å². The molecule has 0 spiro atoms. The first-order valence-corrected chi connectivity index (χ1v) is 7.52. The fraction of sp³-hybridized carbons (Fsp3) is 0.900. The zero-order valence-electron chi connectivity index (χ0n) is 10.6. The van der Waals surface area contributed by atoms with Gasteiger partial charge in [-0.3, -0.25) is 4.79 Å². The molecular formula is C10H21N3O4S. The van der Waals surface area contributed by atoms with E-state index in [2.05, 4.69) is 10.0 Å². The monoisotopic (exact) mass is 279 g/mol. The van der Waals surface area contributed by atoms with Gasteiger partial charge in [0, 0.05) is 26.2 Å². The van der Waals surface area contributed by atoms with Crippen LogP contribution in [0.1, 0.15) is 25.7 Å². The zero-order chi connectivity index (χ0) is 13.6. The lowest BCUT2D eigenvalue weighted by molar-refractivity contribution is -0.137. The first-order chi connectivity index (χ1) is 8.42. The number of nitrogens with zero attached hydrogens (tertiary/aromatic N) is 1. The summed E-state index contributed by atoms with van der Waals surface area (Å²) in [5.41, 5.74) is 0. The van der Waals surface area contributed by atoms with Crippen LogP contribution in [0.2, 0.25) is 0 Å². The van der Waals surface area contributed by atoms with Crippen LogP contribution in [0.5, 0.6) is 0 Å². The molecule has 0 saturated heterocycles. The molecule has 1 aliphatic rings. The van der Waals surface area contributed by atoms with Crippen molar-refractivity contribution < 1.29 is 18.3 Å². The van der Waals surface area contributed by atoms with Gasteiger partial charge in [-0.15, -0.1) is 0 Å². The minimum atomic E-state index is -3.55. The number of aliphatic carboxylic acids is 1. The van der Waals surface area contributed by atoms with Gasteiger partial charge in [0.15, 0.2) is 0 Å². The topological polar surface area (TPSA) is 98.7 Å². The lowest BCUT2D eigenvalue weighted by Crippen LogP contribution is -2.40. The average molecular weight is 279 g/mol. The third-order valence-electron chi connectivity index (χ3n) is 2.70. The van der Waals surface area contributed by atoms with Gasteiger partial charge in [0.25, 0.3) is 10.2 Å². The van der Waals surface area contributed by atoms with Crippen molar-refractivity contribution in [3.8, 4) is 0 Å². The van der Waals surface area contributed by atoms with Crippen molar-refractivity contribution in [2.45, 2.75) is 31.7 Å². The number of rotatable bonds is 10. The SMILES string of the molecule is CN(CCC(=O)O)S(=O)(=O)NCCCNC1CC1. The van der Waals surface area contributed by atoms with E-state index in [0.717, 1.165) is 17.3 Å². The van der Waals surface area contributed by atoms with E-state index in [0.29, 0.717) is 12.6 Å². The third-order valence-corrected chi connectivity index (χ3v) is 4.27. The largest absolute Gasteiger partial charge is 0.481 e. The van der Waals surface area contributed by atoms with Gasteiger partial charge in [0.1, 0.15) is 0 Å². The van der Waals surface area contributed by atoms with Crippen molar-refractivity contribution in [3.05, 3.63) is 0 Å². The van der Waals surface area contributed by atoms with Crippen molar-refractivity contribution in [2.24, 2.45) is 0 Å². The predicted octanol–water partition coefficient (Wildman–Crippen LogP) is -0.631. The van der Waals surface area contributed by atoms with Crippen LogP contribution in [-0.4, -0.2) is 56.5 Å². The minimum Gasteiger partial charge on any atom is -0.481 e. The number of hydrogen-bond donors (Lipinski definition) is 3. The molecule has 3 N–H and O–H groups in total. The molecule has 0 aromatic carbocycles. The molecule has 0 radical (unpaired) electrons. The summed E-state index contributed by atoms with van der Waals surface area (Å²) in [6.45, 7) is 1.14. The fourth-order valence-corrected chi connectivity index (χ4v) is 2.32. The normalized spacial score (nSPS) is 16.1. The van der Waals surface area contributed by atoms with E-state index in [1.807, 2.05) is 0 Å². The number of hydrogen-bond acceptors (Lipinski definition) is 4. The first-order valence-electron chi connectivity index (χ1n) is 6.08. The highest BCUT2D eigenvalue weighted by atomic mass is 32.2. The molecular weight excluding hydrogens is 258 g/mol. The van der Waals surface area contributed by atoms with E-state index in [9.17, 15) is 13.2 Å². The molecule has 0 bridgehead atoms. The van der Waals surface area contributed by atoms with Crippen LogP contribution in [0.3, 0.4) is 0 Å². The van der Waals surface area contributed by atoms with Crippen LogP contribution >= 0.6 is 0 Å². The summed E-state index contributed by atoms with van der Waals surface area (Å²) in [4.78, 5) is 10.3. The minimum absolute atomic E-state index is 0.0228. The number of carboxylic acid groups (broad SMARTS) is 1. The van der Waals surface area contributed by atoms with Gasteiger partial charge in [0.05, 0.1) is 6.42 Å². The van der Waals surface area contributed by atoms with Crippen molar-refractivity contribution in [1.82, 2.24) is 14.3 Å². The van der Waals surface area contributed by atoms with E-state index in [4.69, 9.17) is 5.11 Å². The molecule has 8 heteroatoms. The second kappa shape index (κ2) is 7.03. The first kappa shape index (κ1) is 15.4. The summed E-state index contributed by atoms with van der Waals surface area (Å²) < 4.78 is 26.8. The van der Waals surface area contributed by atoms with E-state index >= 15 is 0 Å². The highest BCUT2D eigenvalue weighted by molar-refractivity contribution is 7.87. The number of carbonyl (C=O) groups is 1. The van der Waals surface area contributed by atoms with Gasteiger partial charge in [0.2, 0.25) is 0 Å². The summed E-state index contributed by atoms with van der Waals surface area (Å²) in [5, 5.41) is 11.8. The maximum atomic E-state index is 11.7. The molecule has 1 saturated carbocycles. The molecule has 1 aliphatic carbocycles. The van der Waals surface area contributed by atoms with Crippen molar-refractivity contribution in [1.29, 1.82) is 0 Å². The average Bonchev–Trinajstić information content (AvgIpc) is 3.09. The van der Waals surface area contributed by atoms with Crippen molar-refractivity contribution in [3.63, 3.8) is 0 Å². The number of nitrogens with one attached hydrogen (secondary N) is 2. The molecule has 0 aliphatic heterocycles. The quantitative estimate of drug-likeness (QED) is 0.462. The van der Waals surface area contributed by atoms with Crippen molar-refractivity contribution >= 4 is 16.2 Å². The standard InChI is InChI=1S/C10H21N3O4S/c1-13(8-5-10(14)15)18(16,17)12-7-2-6-11-9-3-4-9/h9,11-12H,2-8H2,1H3,(H,14,15). The Morgan fingerprint density at radius 2 is 2.06 bits per heavy atom. The molecule has 18 heavy (non-hydrogen) atoms. The Kier molecular flexibility index (Phi) is 6.00. The Morgan fingerprint density at radius 3 is 2.61 bits per heavy atom. The maximum absolute atomic E-state index is 11.7. The second-order valence-corrected chi connectivity index (χ2v) is 6.31. The molecule has 0 amide bonds. The molecule has 0 unspecified atom stereocenters. The second-order valence-electron chi connectivity index (χ2n) is 4.45. The Hall–Kier alpha value is -0.700. The zero-order valence-corrected chi connectivity index (χ0v) is 11.4. The summed E-state index contributed by atoms with van der Waals surface area (Å²) in [7, 11) is -2.18. The van der Waals surface area contributed by atoms with Crippen LogP contribution in [0, 0.1) is 0 Å². The maximum Gasteiger partial charge on any atom is 0.304 e.